The molecule has 2 N–H and O–H groups in total. The van der Waals surface area contributed by atoms with Crippen LogP contribution in [-0.2, 0) is 0 Å². The zero-order valence-electron chi connectivity index (χ0n) is 11.5. The molecule has 1 aromatic rings. The zero-order chi connectivity index (χ0) is 14.1. The van der Waals surface area contributed by atoms with Crippen molar-refractivity contribution in [1.29, 1.82) is 0 Å². The fourth-order valence-corrected chi connectivity index (χ4v) is 3.77. The Morgan fingerprint density at radius 2 is 2.05 bits per heavy atom. The molecule has 20 heavy (non-hydrogen) atoms. The molecule has 1 saturated heterocycles. The lowest BCUT2D eigenvalue weighted by atomic mass is 9.78. The van der Waals surface area contributed by atoms with E-state index in [1.165, 1.54) is 31.9 Å². The summed E-state index contributed by atoms with van der Waals surface area (Å²) in [5, 5.41) is 0.355. The van der Waals surface area contributed by atoms with Gasteiger partial charge in [0.05, 0.1) is 10.6 Å². The summed E-state index contributed by atoms with van der Waals surface area (Å²) < 4.78 is 0. The van der Waals surface area contributed by atoms with E-state index in [1.54, 1.807) is 6.07 Å². The summed E-state index contributed by atoms with van der Waals surface area (Å²) in [7, 11) is 0. The average molecular weight is 294 g/mol. The highest BCUT2D eigenvalue weighted by Gasteiger charge is 2.36. The lowest BCUT2D eigenvalue weighted by Crippen LogP contribution is -2.49. The molecule has 1 saturated carbocycles. The Bertz CT molecular complexity index is 518. The number of fused-ring (bicyclic) bond motifs is 1. The van der Waals surface area contributed by atoms with Crippen LogP contribution in [0.25, 0.3) is 0 Å². The van der Waals surface area contributed by atoms with E-state index in [2.05, 4.69) is 4.98 Å². The predicted molar refractivity (Wildman–Crippen MR) is 79.7 cm³/mol. The van der Waals surface area contributed by atoms with E-state index in [0.29, 0.717) is 22.5 Å². The predicted octanol–water partition coefficient (Wildman–Crippen LogP) is 3.11. The third-order valence-corrected chi connectivity index (χ3v) is 4.92. The maximum atomic E-state index is 12.7. The number of piperidine rings is 1. The molecule has 0 radical (unpaired) electrons. The number of aromatic nitrogens is 1. The van der Waals surface area contributed by atoms with Gasteiger partial charge in [-0.1, -0.05) is 24.4 Å². The van der Waals surface area contributed by atoms with E-state index in [-0.39, 0.29) is 11.7 Å². The van der Waals surface area contributed by atoms with Gasteiger partial charge in [-0.25, -0.2) is 4.98 Å². The maximum Gasteiger partial charge on any atom is 0.255 e. The number of rotatable bonds is 1. The maximum absolute atomic E-state index is 12.7. The number of pyridine rings is 1. The molecule has 1 aliphatic heterocycles. The Labute approximate surface area is 124 Å². The van der Waals surface area contributed by atoms with Crippen molar-refractivity contribution in [2.24, 2.45) is 5.92 Å². The summed E-state index contributed by atoms with van der Waals surface area (Å²) in [6.45, 7) is 0.849. The molecule has 2 atom stereocenters. The zero-order valence-corrected chi connectivity index (χ0v) is 12.3. The van der Waals surface area contributed by atoms with Crippen molar-refractivity contribution in [3.05, 3.63) is 22.8 Å². The molecular weight excluding hydrogens is 274 g/mol. The number of likely N-dealkylation sites (tertiary alicyclic amines) is 1. The van der Waals surface area contributed by atoms with Crippen molar-refractivity contribution >= 4 is 23.3 Å². The summed E-state index contributed by atoms with van der Waals surface area (Å²) in [5.74, 6) is 1.01. The first kappa shape index (κ1) is 13.7. The summed E-state index contributed by atoms with van der Waals surface area (Å²) in [6.07, 6.45) is 8.82. The number of carbonyl (C=O) groups excluding carboxylic acids is 1. The minimum absolute atomic E-state index is 0.0519. The van der Waals surface area contributed by atoms with Crippen LogP contribution in [0, 0.1) is 5.92 Å². The van der Waals surface area contributed by atoms with Crippen molar-refractivity contribution in [2.75, 3.05) is 12.3 Å². The van der Waals surface area contributed by atoms with Gasteiger partial charge < -0.3 is 10.6 Å². The number of carbonyl (C=O) groups is 1. The first-order valence-electron chi connectivity index (χ1n) is 7.39. The average Bonchev–Trinajstić information content (AvgIpc) is 2.49. The van der Waals surface area contributed by atoms with Crippen LogP contribution >= 0.6 is 11.6 Å². The number of anilines is 1. The van der Waals surface area contributed by atoms with Crippen LogP contribution in [-0.4, -0.2) is 28.4 Å². The van der Waals surface area contributed by atoms with Crippen molar-refractivity contribution in [1.82, 2.24) is 9.88 Å². The van der Waals surface area contributed by atoms with Crippen LogP contribution in [0.2, 0.25) is 5.02 Å². The molecule has 5 heteroatoms. The summed E-state index contributed by atoms with van der Waals surface area (Å²) in [4.78, 5) is 18.7. The molecule has 1 amide bonds. The van der Waals surface area contributed by atoms with Gasteiger partial charge >= 0.3 is 0 Å². The largest absolute Gasteiger partial charge is 0.382 e. The molecule has 2 fully saturated rings. The van der Waals surface area contributed by atoms with Crippen LogP contribution < -0.4 is 5.73 Å². The fourth-order valence-electron chi connectivity index (χ4n) is 3.61. The number of nitrogens with zero attached hydrogens (tertiary/aromatic N) is 2. The minimum Gasteiger partial charge on any atom is -0.382 e. The summed E-state index contributed by atoms with van der Waals surface area (Å²) >= 11 is 5.98. The van der Waals surface area contributed by atoms with Gasteiger partial charge in [-0.05, 0) is 37.7 Å². The molecule has 2 aliphatic rings. The van der Waals surface area contributed by atoms with Crippen molar-refractivity contribution in [3.8, 4) is 0 Å². The summed E-state index contributed by atoms with van der Waals surface area (Å²) in [6, 6.07) is 2.04. The van der Waals surface area contributed by atoms with Crippen molar-refractivity contribution in [2.45, 2.75) is 44.6 Å². The van der Waals surface area contributed by atoms with E-state index in [9.17, 15) is 4.79 Å². The number of amides is 1. The molecule has 0 bridgehead atoms. The van der Waals surface area contributed by atoms with Gasteiger partial charge in [-0.15, -0.1) is 0 Å². The van der Waals surface area contributed by atoms with Gasteiger partial charge in [0.2, 0.25) is 0 Å². The quantitative estimate of drug-likeness (QED) is 0.865. The van der Waals surface area contributed by atoms with Gasteiger partial charge in [-0.2, -0.15) is 0 Å². The normalized spacial score (nSPS) is 26.1. The number of halogens is 1. The van der Waals surface area contributed by atoms with E-state index >= 15 is 0 Å². The Morgan fingerprint density at radius 1 is 1.30 bits per heavy atom. The molecule has 1 aromatic heterocycles. The highest BCUT2D eigenvalue weighted by Crippen LogP contribution is 2.36. The molecular formula is C15H20ClN3O. The van der Waals surface area contributed by atoms with Gasteiger partial charge in [0.15, 0.2) is 0 Å². The van der Waals surface area contributed by atoms with Gasteiger partial charge in [0.25, 0.3) is 5.91 Å². The SMILES string of the molecule is Nc1ncc(C(=O)N2CCC[C@H]3CCCC[C@H]32)cc1Cl. The second-order valence-corrected chi connectivity index (χ2v) is 6.25. The second kappa shape index (κ2) is 5.60. The number of nitrogens with two attached hydrogens (primary N) is 1. The highest BCUT2D eigenvalue weighted by atomic mass is 35.5. The highest BCUT2D eigenvalue weighted by molar-refractivity contribution is 6.33. The molecule has 0 spiro atoms. The fraction of sp³-hybridized carbons (Fsp3) is 0.600. The standard InChI is InChI=1S/C15H20ClN3O/c16-12-8-11(9-18-14(12)17)15(20)19-7-3-5-10-4-1-2-6-13(10)19/h8-10,13H,1-7H2,(H2,17,18)/t10-,13-/m1/s1. The third-order valence-electron chi connectivity index (χ3n) is 4.62. The Morgan fingerprint density at radius 3 is 2.85 bits per heavy atom. The Hall–Kier alpha value is -1.29. The van der Waals surface area contributed by atoms with Crippen LogP contribution in [0.3, 0.4) is 0 Å². The van der Waals surface area contributed by atoms with Crippen molar-refractivity contribution in [3.63, 3.8) is 0 Å². The van der Waals surface area contributed by atoms with Crippen LogP contribution in [0.1, 0.15) is 48.9 Å². The second-order valence-electron chi connectivity index (χ2n) is 5.84. The topological polar surface area (TPSA) is 59.2 Å². The van der Waals surface area contributed by atoms with Gasteiger partial charge in [-0.3, -0.25) is 4.79 Å². The molecule has 0 unspecified atom stereocenters. The summed E-state index contributed by atoms with van der Waals surface area (Å²) in [5.41, 5.74) is 6.16. The van der Waals surface area contributed by atoms with E-state index in [4.69, 9.17) is 17.3 Å². The molecule has 1 aliphatic carbocycles. The molecule has 0 aromatic carbocycles. The van der Waals surface area contributed by atoms with E-state index in [1.807, 2.05) is 4.90 Å². The molecule has 3 rings (SSSR count). The van der Waals surface area contributed by atoms with E-state index in [0.717, 1.165) is 19.4 Å². The van der Waals surface area contributed by atoms with E-state index < -0.39 is 0 Å². The van der Waals surface area contributed by atoms with Crippen LogP contribution in [0.15, 0.2) is 12.3 Å². The third kappa shape index (κ3) is 2.49. The smallest absolute Gasteiger partial charge is 0.255 e. The Kier molecular flexibility index (Phi) is 3.83. The first-order chi connectivity index (χ1) is 9.66. The number of hydrogen-bond acceptors (Lipinski definition) is 3. The van der Waals surface area contributed by atoms with Gasteiger partial charge in [0, 0.05) is 18.8 Å². The lowest BCUT2D eigenvalue weighted by molar-refractivity contribution is 0.0390. The molecule has 4 nitrogen and oxygen atoms in total. The van der Waals surface area contributed by atoms with Crippen molar-refractivity contribution < 1.29 is 4.79 Å². The minimum atomic E-state index is 0.0519. The van der Waals surface area contributed by atoms with Gasteiger partial charge in [0.1, 0.15) is 5.82 Å². The lowest BCUT2D eigenvalue weighted by Gasteiger charge is -2.44. The Balaban J connectivity index is 1.83. The van der Waals surface area contributed by atoms with Crippen LogP contribution in [0.5, 0.6) is 0 Å². The number of hydrogen-bond donors (Lipinski definition) is 1. The monoisotopic (exact) mass is 293 g/mol. The molecule has 2 heterocycles. The van der Waals surface area contributed by atoms with Crippen LogP contribution in [0.4, 0.5) is 5.82 Å². The number of nitrogen functional groups attached to an aromatic ring is 1. The first-order valence-corrected chi connectivity index (χ1v) is 7.76. The molecule has 108 valence electrons.